The highest BCUT2D eigenvalue weighted by Crippen LogP contribution is 2.39. The zero-order valence-corrected chi connectivity index (χ0v) is 26.6. The van der Waals surface area contributed by atoms with Gasteiger partial charge in [-0.15, -0.1) is 0 Å². The van der Waals surface area contributed by atoms with Crippen LogP contribution in [-0.2, 0) is 22.4 Å². The van der Waals surface area contributed by atoms with Crippen LogP contribution in [0.1, 0.15) is 24.0 Å². The van der Waals surface area contributed by atoms with Crippen molar-refractivity contribution < 1.29 is 14.4 Å². The van der Waals surface area contributed by atoms with Gasteiger partial charge in [-0.2, -0.15) is 0 Å². The van der Waals surface area contributed by atoms with Crippen molar-refractivity contribution in [2.45, 2.75) is 25.7 Å². The molecule has 3 rings (SSSR count). The van der Waals surface area contributed by atoms with Crippen LogP contribution < -0.4 is 22.9 Å². The highest BCUT2D eigenvalue weighted by Gasteiger charge is 2.56. The van der Waals surface area contributed by atoms with E-state index in [1.165, 1.54) is 0 Å². The maximum atomic E-state index is 14.3. The summed E-state index contributed by atoms with van der Waals surface area (Å²) in [5.41, 5.74) is 21.3. The second-order valence-corrected chi connectivity index (χ2v) is 12.0. The molecular weight excluding hydrogens is 703 g/mol. The molecule has 1 aliphatic rings. The first kappa shape index (κ1) is 32.6. The first-order chi connectivity index (χ1) is 19.4. The van der Waals surface area contributed by atoms with Crippen molar-refractivity contribution in [2.24, 2.45) is 38.3 Å². The quantitative estimate of drug-likeness (QED) is 0.111. The Hall–Kier alpha value is -2.87. The fourth-order valence-electron chi connectivity index (χ4n) is 4.56. The van der Waals surface area contributed by atoms with E-state index in [0.29, 0.717) is 30.1 Å². The van der Waals surface area contributed by atoms with Crippen LogP contribution in [0.5, 0.6) is 0 Å². The summed E-state index contributed by atoms with van der Waals surface area (Å²) in [6.07, 6.45) is 0.534. The lowest BCUT2D eigenvalue weighted by Gasteiger charge is -2.44. The van der Waals surface area contributed by atoms with Crippen molar-refractivity contribution >= 4 is 84.8 Å². The van der Waals surface area contributed by atoms with E-state index in [9.17, 15) is 14.4 Å². The Morgan fingerprint density at radius 2 is 1.12 bits per heavy atom. The number of imide groups is 2. The van der Waals surface area contributed by atoms with Crippen molar-refractivity contribution in [2.75, 3.05) is 26.2 Å². The van der Waals surface area contributed by atoms with Crippen molar-refractivity contribution in [3.63, 3.8) is 0 Å². The van der Waals surface area contributed by atoms with Gasteiger partial charge in [0.2, 0.25) is 11.8 Å². The number of rotatable bonds is 12. The molecule has 1 fully saturated rings. The number of aliphatic imine (C=N–C) groups is 2. The van der Waals surface area contributed by atoms with Gasteiger partial charge in [0, 0.05) is 35.1 Å². The third kappa shape index (κ3) is 8.12. The predicted molar refractivity (Wildman–Crippen MR) is 168 cm³/mol. The third-order valence-corrected chi connectivity index (χ3v) is 8.88. The second-order valence-electron chi connectivity index (χ2n) is 9.45. The molecule has 4 amide bonds. The molecule has 0 unspecified atom stereocenters. The summed E-state index contributed by atoms with van der Waals surface area (Å²) >= 11 is 19.5. The predicted octanol–water partition coefficient (Wildman–Crippen LogP) is 3.41. The molecule has 41 heavy (non-hydrogen) atoms. The van der Waals surface area contributed by atoms with Gasteiger partial charge >= 0.3 is 6.03 Å². The summed E-state index contributed by atoms with van der Waals surface area (Å²) in [5.74, 6) is -1.47. The third-order valence-electron chi connectivity index (χ3n) is 6.42. The number of amides is 4. The second kappa shape index (κ2) is 14.3. The number of urea groups is 1. The molecule has 0 radical (unpaired) electrons. The molecule has 1 heterocycles. The molecule has 2 aromatic rings. The standard InChI is InChI=1S/C26H30Br2Cl2N8O3/c27-17-5-3-15(11-19(17)29)13-26(14-16-4-6-18(28)20(30)12-16)21(39)37(9-1-7-35-23(31)32)25(41)38(22(26)40)10-2-8-36-24(33)34/h3-6,11-12H,1-2,7-10,13-14H2,(H4,31,32,35)(H4,33,34,36). The Labute approximate surface area is 264 Å². The molecule has 0 aromatic heterocycles. The smallest absolute Gasteiger partial charge is 0.333 e. The van der Waals surface area contributed by atoms with Crippen LogP contribution in [-0.4, -0.2) is 65.7 Å². The van der Waals surface area contributed by atoms with Crippen LogP contribution in [0.3, 0.4) is 0 Å². The van der Waals surface area contributed by atoms with E-state index in [-0.39, 0.29) is 63.8 Å². The van der Waals surface area contributed by atoms with Crippen molar-refractivity contribution in [1.29, 1.82) is 0 Å². The van der Waals surface area contributed by atoms with Crippen LogP contribution in [0, 0.1) is 5.41 Å². The molecule has 15 heteroatoms. The zero-order valence-electron chi connectivity index (χ0n) is 22.0. The molecular formula is C26H30Br2Cl2N8O3. The zero-order chi connectivity index (χ0) is 30.3. The first-order valence-corrected chi connectivity index (χ1v) is 14.9. The monoisotopic (exact) mass is 730 g/mol. The highest BCUT2D eigenvalue weighted by molar-refractivity contribution is 9.10. The fourth-order valence-corrected chi connectivity index (χ4v) is 5.46. The molecule has 1 saturated heterocycles. The molecule has 220 valence electrons. The van der Waals surface area contributed by atoms with Crippen LogP contribution in [0.25, 0.3) is 0 Å². The van der Waals surface area contributed by atoms with Gasteiger partial charge in [-0.05, 0) is 92.9 Å². The Bertz CT molecular complexity index is 1280. The highest BCUT2D eigenvalue weighted by atomic mass is 79.9. The van der Waals surface area contributed by atoms with Gasteiger partial charge in [0.05, 0.1) is 10.0 Å². The van der Waals surface area contributed by atoms with E-state index >= 15 is 0 Å². The molecule has 0 saturated carbocycles. The van der Waals surface area contributed by atoms with Crippen LogP contribution >= 0.6 is 55.1 Å². The molecule has 11 nitrogen and oxygen atoms in total. The summed E-state index contributed by atoms with van der Waals surface area (Å²) in [5, 5.41) is 0.832. The number of carbonyl (C=O) groups excluding carboxylic acids is 3. The number of barbiturate groups is 1. The number of halogens is 4. The van der Waals surface area contributed by atoms with Gasteiger partial charge in [-0.25, -0.2) is 4.79 Å². The van der Waals surface area contributed by atoms with Crippen LogP contribution in [0.4, 0.5) is 4.79 Å². The van der Waals surface area contributed by atoms with Gasteiger partial charge < -0.3 is 22.9 Å². The van der Waals surface area contributed by atoms with E-state index in [0.717, 1.165) is 9.80 Å². The van der Waals surface area contributed by atoms with Crippen molar-refractivity contribution in [3.05, 3.63) is 66.5 Å². The summed E-state index contributed by atoms with van der Waals surface area (Å²) in [7, 11) is 0. The Morgan fingerprint density at radius 1 is 0.732 bits per heavy atom. The number of benzene rings is 2. The summed E-state index contributed by atoms with van der Waals surface area (Å²) in [6.45, 7) is 0.372. The summed E-state index contributed by atoms with van der Waals surface area (Å²) in [6, 6.07) is 9.67. The number of nitrogens with zero attached hydrogens (tertiary/aromatic N) is 4. The Kier molecular flexibility index (Phi) is 11.4. The number of carbonyl (C=O) groups is 3. The molecule has 1 aliphatic heterocycles. The number of nitrogens with two attached hydrogens (primary N) is 4. The van der Waals surface area contributed by atoms with Crippen LogP contribution in [0.15, 0.2) is 55.3 Å². The maximum absolute atomic E-state index is 14.3. The SMILES string of the molecule is NC(N)=NCCCN1C(=O)N(CCCN=C(N)N)C(=O)C(Cc2ccc(Br)c(Cl)c2)(Cc2ccc(Br)c(Cl)c2)C1=O. The molecule has 2 aromatic carbocycles. The van der Waals surface area contributed by atoms with Gasteiger partial charge in [0.15, 0.2) is 11.9 Å². The summed E-state index contributed by atoms with van der Waals surface area (Å²) < 4.78 is 1.33. The van der Waals surface area contributed by atoms with E-state index in [1.807, 2.05) is 0 Å². The van der Waals surface area contributed by atoms with Crippen molar-refractivity contribution in [3.8, 4) is 0 Å². The Morgan fingerprint density at radius 3 is 1.46 bits per heavy atom. The van der Waals surface area contributed by atoms with E-state index in [2.05, 4.69) is 41.8 Å². The molecule has 0 spiro atoms. The average Bonchev–Trinajstić information content (AvgIpc) is 2.90. The van der Waals surface area contributed by atoms with E-state index < -0.39 is 23.3 Å². The summed E-state index contributed by atoms with van der Waals surface area (Å²) in [4.78, 5) is 52.3. The largest absolute Gasteiger partial charge is 0.370 e. The van der Waals surface area contributed by atoms with Crippen molar-refractivity contribution in [1.82, 2.24) is 9.80 Å². The minimum Gasteiger partial charge on any atom is -0.370 e. The molecule has 0 bridgehead atoms. The average molecular weight is 733 g/mol. The molecule has 0 atom stereocenters. The van der Waals surface area contributed by atoms with Gasteiger partial charge in [0.1, 0.15) is 5.41 Å². The number of hydrogen-bond donors (Lipinski definition) is 4. The number of hydrogen-bond acceptors (Lipinski definition) is 5. The lowest BCUT2D eigenvalue weighted by atomic mass is 9.72. The van der Waals surface area contributed by atoms with Crippen LogP contribution in [0.2, 0.25) is 10.0 Å². The maximum Gasteiger partial charge on any atom is 0.333 e. The van der Waals surface area contributed by atoms with E-state index in [4.69, 9.17) is 46.1 Å². The van der Waals surface area contributed by atoms with Gasteiger partial charge in [-0.1, -0.05) is 35.3 Å². The number of guanidine groups is 2. The lowest BCUT2D eigenvalue weighted by Crippen LogP contribution is -2.66. The lowest BCUT2D eigenvalue weighted by molar-refractivity contribution is -0.159. The fraction of sp³-hybridized carbons (Fsp3) is 0.346. The van der Waals surface area contributed by atoms with Gasteiger partial charge in [-0.3, -0.25) is 29.4 Å². The topological polar surface area (TPSA) is 186 Å². The molecule has 8 N–H and O–H groups in total. The van der Waals surface area contributed by atoms with Gasteiger partial charge in [0.25, 0.3) is 0 Å². The minimum atomic E-state index is -1.69. The molecule has 0 aliphatic carbocycles. The first-order valence-electron chi connectivity index (χ1n) is 12.5. The Balaban J connectivity index is 2.11. The normalized spacial score (nSPS) is 14.8. The van der Waals surface area contributed by atoms with E-state index in [1.54, 1.807) is 36.4 Å². The minimum absolute atomic E-state index is 0.00390.